The molecule has 0 aliphatic heterocycles. The number of fused-ring (bicyclic) bond motifs is 1. The summed E-state index contributed by atoms with van der Waals surface area (Å²) in [5.74, 6) is 0.124. The summed E-state index contributed by atoms with van der Waals surface area (Å²) >= 11 is 6.69. The highest BCUT2D eigenvalue weighted by Crippen LogP contribution is 2.30. The third-order valence-corrected chi connectivity index (χ3v) is 3.72. The van der Waals surface area contributed by atoms with Crippen LogP contribution in [-0.4, -0.2) is 9.97 Å². The molecule has 96 valence electrons. The third kappa shape index (κ3) is 2.26. The molecule has 2 aromatic carbocycles. The maximum Gasteiger partial charge on any atom is 0.141 e. The molecule has 3 nitrogen and oxygen atoms in total. The predicted octanol–water partition coefficient (Wildman–Crippen LogP) is 4.48. The first-order chi connectivity index (χ1) is 9.04. The van der Waals surface area contributed by atoms with Crippen LogP contribution in [0.1, 0.15) is 0 Å². The topological polar surface area (TPSA) is 54.7 Å². The van der Waals surface area contributed by atoms with Gasteiger partial charge in [0.05, 0.1) is 16.8 Å². The van der Waals surface area contributed by atoms with Crippen molar-refractivity contribution in [2.45, 2.75) is 0 Å². The largest absolute Gasteiger partial charge is 0.397 e. The minimum Gasteiger partial charge on any atom is -0.397 e. The van der Waals surface area contributed by atoms with Gasteiger partial charge >= 0.3 is 0 Å². The van der Waals surface area contributed by atoms with Crippen molar-refractivity contribution in [1.29, 1.82) is 0 Å². The van der Waals surface area contributed by atoms with Crippen molar-refractivity contribution < 1.29 is 4.39 Å². The molecule has 3 N–H and O–H groups in total. The lowest BCUT2D eigenvalue weighted by atomic mass is 10.2. The van der Waals surface area contributed by atoms with E-state index in [1.807, 2.05) is 6.07 Å². The number of H-pyrrole nitrogens is 1. The second-order valence-corrected chi connectivity index (χ2v) is 5.93. The summed E-state index contributed by atoms with van der Waals surface area (Å²) in [5.41, 5.74) is 8.25. The minimum atomic E-state index is -0.333. The molecule has 0 bridgehead atoms. The maximum atomic E-state index is 13.8. The van der Waals surface area contributed by atoms with E-state index in [-0.39, 0.29) is 5.82 Å². The lowest BCUT2D eigenvalue weighted by Crippen LogP contribution is -1.87. The second-order valence-electron chi connectivity index (χ2n) is 4.10. The van der Waals surface area contributed by atoms with E-state index in [0.717, 1.165) is 14.5 Å². The van der Waals surface area contributed by atoms with Crippen LogP contribution >= 0.6 is 31.9 Å². The molecule has 0 radical (unpaired) electrons. The monoisotopic (exact) mass is 383 g/mol. The molecule has 0 atom stereocenters. The van der Waals surface area contributed by atoms with Crippen molar-refractivity contribution >= 4 is 48.6 Å². The van der Waals surface area contributed by atoms with Crippen molar-refractivity contribution in [3.05, 3.63) is 45.1 Å². The molecule has 0 spiro atoms. The average molecular weight is 385 g/mol. The standard InChI is InChI=1S/C13H8Br2FN3/c14-6-1-2-9(16)8(3-6)13-18-11-5-7(15)4-10(17)12(11)19-13/h1-5H,17H2,(H,18,19). The molecule has 6 heteroatoms. The van der Waals surface area contributed by atoms with Gasteiger partial charge in [-0.05, 0) is 30.3 Å². The first kappa shape index (κ1) is 12.6. The molecule has 0 aliphatic rings. The molecule has 19 heavy (non-hydrogen) atoms. The molecule has 0 unspecified atom stereocenters. The Morgan fingerprint density at radius 1 is 1.11 bits per heavy atom. The Morgan fingerprint density at radius 2 is 1.89 bits per heavy atom. The Kier molecular flexibility index (Phi) is 3.06. The maximum absolute atomic E-state index is 13.8. The van der Waals surface area contributed by atoms with Crippen LogP contribution in [-0.2, 0) is 0 Å². The number of rotatable bonds is 1. The molecule has 0 saturated carbocycles. The van der Waals surface area contributed by atoms with Gasteiger partial charge in [0.25, 0.3) is 0 Å². The van der Waals surface area contributed by atoms with Gasteiger partial charge in [0.1, 0.15) is 17.2 Å². The van der Waals surface area contributed by atoms with Crippen LogP contribution in [0.25, 0.3) is 22.4 Å². The van der Waals surface area contributed by atoms with E-state index in [1.165, 1.54) is 6.07 Å². The number of aromatic nitrogens is 2. The number of halogens is 3. The average Bonchev–Trinajstić information content (AvgIpc) is 2.76. The fourth-order valence-electron chi connectivity index (χ4n) is 1.91. The molecule has 1 heterocycles. The molecular formula is C13H8Br2FN3. The van der Waals surface area contributed by atoms with Crippen LogP contribution in [0.3, 0.4) is 0 Å². The summed E-state index contributed by atoms with van der Waals surface area (Å²) in [6, 6.07) is 8.35. The van der Waals surface area contributed by atoms with E-state index in [4.69, 9.17) is 5.73 Å². The number of nitrogen functional groups attached to an aromatic ring is 1. The lowest BCUT2D eigenvalue weighted by Gasteiger charge is -1.99. The normalized spacial score (nSPS) is 11.1. The summed E-state index contributed by atoms with van der Waals surface area (Å²) in [4.78, 5) is 7.44. The van der Waals surface area contributed by atoms with Crippen molar-refractivity contribution in [3.8, 4) is 11.4 Å². The predicted molar refractivity (Wildman–Crippen MR) is 81.3 cm³/mol. The van der Waals surface area contributed by atoms with E-state index in [9.17, 15) is 4.39 Å². The zero-order chi connectivity index (χ0) is 13.6. The molecule has 3 rings (SSSR count). The molecule has 3 aromatic rings. The SMILES string of the molecule is Nc1cc(Br)cc2[nH]c(-c3cc(Br)ccc3F)nc12. The van der Waals surface area contributed by atoms with Gasteiger partial charge in [-0.3, -0.25) is 0 Å². The molecule has 1 aromatic heterocycles. The van der Waals surface area contributed by atoms with E-state index in [2.05, 4.69) is 41.8 Å². The van der Waals surface area contributed by atoms with Crippen LogP contribution < -0.4 is 5.73 Å². The number of nitrogens with zero attached hydrogens (tertiary/aromatic N) is 1. The first-order valence-electron chi connectivity index (χ1n) is 5.45. The van der Waals surface area contributed by atoms with Crippen LogP contribution in [0.15, 0.2) is 39.3 Å². The Labute approximate surface area is 125 Å². The zero-order valence-electron chi connectivity index (χ0n) is 9.55. The van der Waals surface area contributed by atoms with Gasteiger partial charge < -0.3 is 10.7 Å². The van der Waals surface area contributed by atoms with Gasteiger partial charge in [-0.1, -0.05) is 31.9 Å². The van der Waals surface area contributed by atoms with Crippen molar-refractivity contribution in [3.63, 3.8) is 0 Å². The number of nitrogens with one attached hydrogen (secondary N) is 1. The lowest BCUT2D eigenvalue weighted by molar-refractivity contribution is 0.630. The van der Waals surface area contributed by atoms with Crippen molar-refractivity contribution in [1.82, 2.24) is 9.97 Å². The summed E-state index contributed by atoms with van der Waals surface area (Å²) in [6.45, 7) is 0. The first-order valence-corrected chi connectivity index (χ1v) is 7.03. The summed E-state index contributed by atoms with van der Waals surface area (Å²) in [5, 5.41) is 0. The summed E-state index contributed by atoms with van der Waals surface area (Å²) in [7, 11) is 0. The highest BCUT2D eigenvalue weighted by atomic mass is 79.9. The molecule has 0 saturated heterocycles. The number of hydrogen-bond acceptors (Lipinski definition) is 2. The molecule has 0 amide bonds. The number of anilines is 1. The number of imidazole rings is 1. The Hall–Kier alpha value is -1.40. The van der Waals surface area contributed by atoms with E-state index < -0.39 is 0 Å². The second kappa shape index (κ2) is 4.61. The zero-order valence-corrected chi connectivity index (χ0v) is 12.7. The Bertz CT molecular complexity index is 783. The fraction of sp³-hybridized carbons (Fsp3) is 0. The number of aromatic amines is 1. The van der Waals surface area contributed by atoms with Crippen LogP contribution in [0.4, 0.5) is 10.1 Å². The Morgan fingerprint density at radius 3 is 2.68 bits per heavy atom. The van der Waals surface area contributed by atoms with Gasteiger partial charge in [0, 0.05) is 8.95 Å². The van der Waals surface area contributed by atoms with Gasteiger partial charge in [0.15, 0.2) is 0 Å². The minimum absolute atomic E-state index is 0.333. The van der Waals surface area contributed by atoms with E-state index in [0.29, 0.717) is 22.6 Å². The molecule has 0 aliphatic carbocycles. The number of nitrogens with two attached hydrogens (primary N) is 1. The van der Waals surface area contributed by atoms with Crippen LogP contribution in [0.5, 0.6) is 0 Å². The van der Waals surface area contributed by atoms with Crippen LogP contribution in [0.2, 0.25) is 0 Å². The third-order valence-electron chi connectivity index (χ3n) is 2.76. The summed E-state index contributed by atoms with van der Waals surface area (Å²) in [6.07, 6.45) is 0. The smallest absolute Gasteiger partial charge is 0.141 e. The quantitative estimate of drug-likeness (QED) is 0.608. The Balaban J connectivity index is 2.26. The van der Waals surface area contributed by atoms with Gasteiger partial charge in [-0.15, -0.1) is 0 Å². The molecule has 0 fully saturated rings. The number of benzene rings is 2. The van der Waals surface area contributed by atoms with Gasteiger partial charge in [-0.2, -0.15) is 0 Å². The van der Waals surface area contributed by atoms with Gasteiger partial charge in [0.2, 0.25) is 0 Å². The fourth-order valence-corrected chi connectivity index (χ4v) is 2.75. The highest BCUT2D eigenvalue weighted by Gasteiger charge is 2.12. The van der Waals surface area contributed by atoms with Crippen molar-refractivity contribution in [2.75, 3.05) is 5.73 Å². The summed E-state index contributed by atoms with van der Waals surface area (Å²) < 4.78 is 15.5. The number of hydrogen-bond donors (Lipinski definition) is 2. The van der Waals surface area contributed by atoms with E-state index in [1.54, 1.807) is 18.2 Å². The highest BCUT2D eigenvalue weighted by molar-refractivity contribution is 9.10. The van der Waals surface area contributed by atoms with Crippen LogP contribution in [0, 0.1) is 5.82 Å². The van der Waals surface area contributed by atoms with Crippen molar-refractivity contribution in [2.24, 2.45) is 0 Å². The van der Waals surface area contributed by atoms with E-state index >= 15 is 0 Å². The molecular weight excluding hydrogens is 377 g/mol. The van der Waals surface area contributed by atoms with Gasteiger partial charge in [-0.25, -0.2) is 9.37 Å².